The normalized spacial score (nSPS) is 13.3. The van der Waals surface area contributed by atoms with E-state index in [0.29, 0.717) is 6.42 Å². The van der Waals surface area contributed by atoms with E-state index in [4.69, 9.17) is 9.47 Å². The second-order valence-corrected chi connectivity index (χ2v) is 7.76. The Hall–Kier alpha value is -2.09. The lowest BCUT2D eigenvalue weighted by Gasteiger charge is -2.23. The van der Waals surface area contributed by atoms with Crippen molar-refractivity contribution in [2.75, 3.05) is 6.54 Å². The van der Waals surface area contributed by atoms with E-state index in [-0.39, 0.29) is 18.4 Å². The summed E-state index contributed by atoms with van der Waals surface area (Å²) >= 11 is 1.49. The van der Waals surface area contributed by atoms with Crippen LogP contribution in [0.15, 0.2) is 11.4 Å². The van der Waals surface area contributed by atoms with E-state index in [1.807, 2.05) is 18.4 Å². The molecule has 8 heteroatoms. The molecule has 1 aromatic rings. The fourth-order valence-electron chi connectivity index (χ4n) is 1.98. The first-order valence-electron chi connectivity index (χ1n) is 8.52. The number of hydrogen-bond acceptors (Lipinski definition) is 6. The van der Waals surface area contributed by atoms with E-state index < -0.39 is 30.2 Å². The predicted octanol–water partition coefficient (Wildman–Crippen LogP) is 3.21. The summed E-state index contributed by atoms with van der Waals surface area (Å²) in [5, 5.41) is 13.7. The fraction of sp³-hybridized carbons (Fsp3) is 0.611. The van der Waals surface area contributed by atoms with Gasteiger partial charge in [0.1, 0.15) is 0 Å². The number of carboxylic acid groups (broad SMARTS) is 1. The lowest BCUT2D eigenvalue weighted by atomic mass is 10.0. The molecule has 0 bridgehead atoms. The largest absolute Gasteiger partial charge is 0.481 e. The van der Waals surface area contributed by atoms with Gasteiger partial charge in [-0.2, -0.15) is 0 Å². The van der Waals surface area contributed by atoms with Gasteiger partial charge >= 0.3 is 18.0 Å². The molecule has 2 N–H and O–H groups in total. The van der Waals surface area contributed by atoms with E-state index in [2.05, 4.69) is 5.32 Å². The number of ether oxygens (including phenoxy) is 2. The number of aryl methyl sites for hydroxylation is 1. The number of alkyl carbamates (subject to hydrolysis) is 1. The first kappa shape index (κ1) is 22.0. The van der Waals surface area contributed by atoms with Crippen molar-refractivity contribution in [3.63, 3.8) is 0 Å². The zero-order valence-electron chi connectivity index (χ0n) is 15.8. The Bertz CT molecular complexity index is 625. The highest BCUT2D eigenvalue weighted by Crippen LogP contribution is 2.20. The molecule has 0 unspecified atom stereocenters. The van der Waals surface area contributed by atoms with E-state index in [0.717, 1.165) is 10.4 Å². The molecule has 1 amide bonds. The van der Waals surface area contributed by atoms with Crippen LogP contribution in [-0.4, -0.2) is 36.0 Å². The number of aliphatic carboxylic acids is 1. The van der Waals surface area contributed by atoms with Crippen molar-refractivity contribution in [2.45, 2.75) is 47.3 Å². The van der Waals surface area contributed by atoms with Crippen LogP contribution < -0.4 is 5.32 Å². The number of carboxylic acids is 1. The minimum atomic E-state index is -1.02. The van der Waals surface area contributed by atoms with Crippen LogP contribution in [0.5, 0.6) is 0 Å². The maximum absolute atomic E-state index is 12.0. The van der Waals surface area contributed by atoms with Gasteiger partial charge in [-0.3, -0.25) is 9.59 Å². The zero-order chi connectivity index (χ0) is 19.9. The van der Waals surface area contributed by atoms with Gasteiger partial charge in [0.25, 0.3) is 6.29 Å². The number of rotatable bonds is 9. The van der Waals surface area contributed by atoms with Crippen molar-refractivity contribution in [3.05, 3.63) is 21.9 Å². The van der Waals surface area contributed by atoms with E-state index in [9.17, 15) is 19.5 Å². The maximum atomic E-state index is 12.0. The molecule has 26 heavy (non-hydrogen) atoms. The monoisotopic (exact) mass is 385 g/mol. The van der Waals surface area contributed by atoms with E-state index in [1.165, 1.54) is 11.3 Å². The molecule has 1 heterocycles. The molecule has 146 valence electrons. The van der Waals surface area contributed by atoms with Gasteiger partial charge in [-0.1, -0.05) is 27.7 Å². The number of thiophene rings is 1. The Kier molecular flexibility index (Phi) is 8.57. The van der Waals surface area contributed by atoms with Crippen LogP contribution in [0.2, 0.25) is 0 Å². The lowest BCUT2D eigenvalue weighted by molar-refractivity contribution is -0.178. The summed E-state index contributed by atoms with van der Waals surface area (Å²) in [6.45, 7) is 8.72. The van der Waals surface area contributed by atoms with E-state index in [1.54, 1.807) is 27.7 Å². The molecule has 0 spiro atoms. The summed E-state index contributed by atoms with van der Waals surface area (Å²) in [6.07, 6.45) is -1.50. The molecule has 7 nitrogen and oxygen atoms in total. The number of carbonyl (C=O) groups excluding carboxylic acids is 2. The number of carbonyl (C=O) groups is 3. The summed E-state index contributed by atoms with van der Waals surface area (Å²) < 4.78 is 10.3. The molecule has 2 atom stereocenters. The van der Waals surface area contributed by atoms with Crippen molar-refractivity contribution < 1.29 is 29.0 Å². The van der Waals surface area contributed by atoms with Gasteiger partial charge in [0, 0.05) is 17.3 Å². The molecule has 0 fully saturated rings. The van der Waals surface area contributed by atoms with Gasteiger partial charge in [0.05, 0.1) is 11.8 Å². The molecule has 0 aliphatic rings. The van der Waals surface area contributed by atoms with Crippen LogP contribution in [0.3, 0.4) is 0 Å². The predicted molar refractivity (Wildman–Crippen MR) is 97.9 cm³/mol. The lowest BCUT2D eigenvalue weighted by Crippen LogP contribution is -2.39. The molecule has 0 aliphatic heterocycles. The van der Waals surface area contributed by atoms with Gasteiger partial charge < -0.3 is 19.9 Å². The molecule has 0 radical (unpaired) electrons. The summed E-state index contributed by atoms with van der Waals surface area (Å²) in [5.74, 6) is -2.80. The van der Waals surface area contributed by atoms with Crippen molar-refractivity contribution >= 4 is 29.4 Å². The molecule has 0 saturated carbocycles. The second-order valence-electron chi connectivity index (χ2n) is 6.76. The average molecular weight is 385 g/mol. The standard InChI is InChI=1S/C18H27NO6S/c1-10(2)16(22)24-17(11(3)4)25-18(23)19-9-13(15(20)21)8-14-12(5)6-7-26-14/h6-7,10-11,13,17H,8-9H2,1-5H3,(H,19,23)(H,20,21)/t13-,17-/m0/s1. The van der Waals surface area contributed by atoms with Gasteiger partial charge in [0.15, 0.2) is 0 Å². The van der Waals surface area contributed by atoms with Crippen LogP contribution >= 0.6 is 11.3 Å². The quantitative estimate of drug-likeness (QED) is 0.500. The summed E-state index contributed by atoms with van der Waals surface area (Å²) in [7, 11) is 0. The molecule has 1 aromatic heterocycles. The number of amides is 1. The van der Waals surface area contributed by atoms with Crippen LogP contribution in [0.4, 0.5) is 4.79 Å². The minimum Gasteiger partial charge on any atom is -0.481 e. The van der Waals surface area contributed by atoms with Crippen LogP contribution in [-0.2, 0) is 25.5 Å². The van der Waals surface area contributed by atoms with Crippen molar-refractivity contribution in [3.8, 4) is 0 Å². The third-order valence-corrected chi connectivity index (χ3v) is 4.76. The Morgan fingerprint density at radius 2 is 1.85 bits per heavy atom. The molecular formula is C18H27NO6S. The summed E-state index contributed by atoms with van der Waals surface area (Å²) in [6, 6.07) is 1.93. The molecule has 0 aromatic carbocycles. The number of nitrogens with one attached hydrogen (secondary N) is 1. The SMILES string of the molecule is Cc1ccsc1C[C@@H](CNC(=O)O[C@H](OC(=O)C(C)C)C(C)C)C(=O)O. The maximum Gasteiger partial charge on any atom is 0.410 e. The van der Waals surface area contributed by atoms with Crippen molar-refractivity contribution in [1.29, 1.82) is 0 Å². The van der Waals surface area contributed by atoms with Gasteiger partial charge in [-0.05, 0) is 30.4 Å². The topological polar surface area (TPSA) is 102 Å². The fourth-order valence-corrected chi connectivity index (χ4v) is 2.97. The van der Waals surface area contributed by atoms with Crippen LogP contribution in [0.1, 0.15) is 38.1 Å². The first-order valence-corrected chi connectivity index (χ1v) is 9.40. The highest BCUT2D eigenvalue weighted by atomic mass is 32.1. The molecule has 0 saturated heterocycles. The second kappa shape index (κ2) is 10.2. The van der Waals surface area contributed by atoms with Crippen LogP contribution in [0.25, 0.3) is 0 Å². The number of hydrogen-bond donors (Lipinski definition) is 2. The molecule has 1 rings (SSSR count). The van der Waals surface area contributed by atoms with Crippen molar-refractivity contribution in [2.24, 2.45) is 17.8 Å². The summed E-state index contributed by atoms with van der Waals surface area (Å²) in [4.78, 5) is 36.1. The third-order valence-electron chi connectivity index (χ3n) is 3.71. The molecule has 0 aliphatic carbocycles. The first-order chi connectivity index (χ1) is 12.1. The van der Waals surface area contributed by atoms with Gasteiger partial charge in [-0.15, -0.1) is 11.3 Å². The highest BCUT2D eigenvalue weighted by molar-refractivity contribution is 7.10. The number of esters is 1. The van der Waals surface area contributed by atoms with E-state index >= 15 is 0 Å². The minimum absolute atomic E-state index is 0.0750. The molecular weight excluding hydrogens is 358 g/mol. The Morgan fingerprint density at radius 3 is 2.31 bits per heavy atom. The van der Waals surface area contributed by atoms with Crippen LogP contribution in [0, 0.1) is 24.7 Å². The highest BCUT2D eigenvalue weighted by Gasteiger charge is 2.26. The smallest absolute Gasteiger partial charge is 0.410 e. The Labute approximate surface area is 157 Å². The zero-order valence-corrected chi connectivity index (χ0v) is 16.6. The average Bonchev–Trinajstić information content (AvgIpc) is 2.94. The van der Waals surface area contributed by atoms with Crippen molar-refractivity contribution in [1.82, 2.24) is 5.32 Å². The van der Waals surface area contributed by atoms with Gasteiger partial charge in [-0.25, -0.2) is 4.79 Å². The summed E-state index contributed by atoms with van der Waals surface area (Å²) in [5.41, 5.74) is 1.03. The van der Waals surface area contributed by atoms with Gasteiger partial charge in [0.2, 0.25) is 0 Å². The Balaban J connectivity index is 2.59. The third kappa shape index (κ3) is 7.03. The Morgan fingerprint density at radius 1 is 1.19 bits per heavy atom.